The molecule has 0 heterocycles. The van der Waals surface area contributed by atoms with Gasteiger partial charge in [-0.1, -0.05) is 0 Å². The van der Waals surface area contributed by atoms with Crippen molar-refractivity contribution in [1.29, 1.82) is 0 Å². The van der Waals surface area contributed by atoms with Crippen LogP contribution in [-0.4, -0.2) is 54.9 Å². The highest BCUT2D eigenvalue weighted by molar-refractivity contribution is 7.89. The minimum Gasteiger partial charge on any atom is -0.481 e. The molecule has 0 aliphatic heterocycles. The van der Waals surface area contributed by atoms with E-state index in [1.54, 1.807) is 0 Å². The molecule has 0 aromatic rings. The normalized spacial score (nSPS) is 12.5. The second-order valence-corrected chi connectivity index (χ2v) is 4.99. The number of sulfonamides is 1. The van der Waals surface area contributed by atoms with Gasteiger partial charge in [-0.2, -0.15) is 0 Å². The molecule has 0 aliphatic carbocycles. The van der Waals surface area contributed by atoms with Gasteiger partial charge in [-0.25, -0.2) is 23.1 Å². The summed E-state index contributed by atoms with van der Waals surface area (Å²) in [5.74, 6) is -3.43. The Morgan fingerprint density at radius 2 is 1.78 bits per heavy atom. The van der Waals surface area contributed by atoms with Crippen LogP contribution in [0.3, 0.4) is 0 Å². The van der Waals surface area contributed by atoms with Crippen molar-refractivity contribution in [3.05, 3.63) is 0 Å². The summed E-state index contributed by atoms with van der Waals surface area (Å²) in [5.41, 5.74) is 0. The fraction of sp³-hybridized carbons (Fsp3) is 0.571. The van der Waals surface area contributed by atoms with Gasteiger partial charge in [-0.3, -0.25) is 4.79 Å². The molecule has 104 valence electrons. The van der Waals surface area contributed by atoms with Crippen molar-refractivity contribution in [1.82, 2.24) is 10.6 Å². The molecule has 0 bridgehead atoms. The van der Waals surface area contributed by atoms with E-state index >= 15 is 0 Å². The van der Waals surface area contributed by atoms with E-state index < -0.39 is 46.2 Å². The largest absolute Gasteiger partial charge is 0.481 e. The molecule has 11 heteroatoms. The van der Waals surface area contributed by atoms with Crippen molar-refractivity contribution < 1.29 is 33.0 Å². The molecule has 10 nitrogen and oxygen atoms in total. The van der Waals surface area contributed by atoms with Crippen LogP contribution in [0.5, 0.6) is 0 Å². The van der Waals surface area contributed by atoms with E-state index in [1.807, 2.05) is 10.6 Å². The highest BCUT2D eigenvalue weighted by Crippen LogP contribution is 1.92. The lowest BCUT2D eigenvalue weighted by Crippen LogP contribution is -2.48. The Kier molecular flexibility index (Phi) is 6.05. The van der Waals surface area contributed by atoms with Gasteiger partial charge in [0.05, 0.1) is 12.2 Å². The summed E-state index contributed by atoms with van der Waals surface area (Å²) in [4.78, 5) is 32.0. The molecular formula is C7H13N3O7S. The van der Waals surface area contributed by atoms with Gasteiger partial charge >= 0.3 is 18.0 Å². The SMILES string of the molecule is NS(=O)(=O)CCNC(=O)N[C@@H](CC(=O)O)C(=O)O. The first-order valence-corrected chi connectivity index (χ1v) is 6.33. The summed E-state index contributed by atoms with van der Waals surface area (Å²) in [6, 6.07) is -2.59. The van der Waals surface area contributed by atoms with Crippen LogP contribution in [0.15, 0.2) is 0 Å². The first kappa shape index (κ1) is 16.1. The third kappa shape index (κ3) is 8.29. The average Bonchev–Trinajstić information content (AvgIpc) is 2.13. The number of urea groups is 1. The summed E-state index contributed by atoms with van der Waals surface area (Å²) < 4.78 is 21.0. The maximum absolute atomic E-state index is 11.1. The molecule has 0 fully saturated rings. The number of aliphatic carboxylic acids is 2. The second-order valence-electron chi connectivity index (χ2n) is 3.26. The molecule has 0 radical (unpaired) electrons. The number of nitrogens with one attached hydrogen (secondary N) is 2. The summed E-state index contributed by atoms with van der Waals surface area (Å²) in [6.45, 7) is -0.315. The van der Waals surface area contributed by atoms with Crippen molar-refractivity contribution in [2.45, 2.75) is 12.5 Å². The number of carboxylic acids is 2. The van der Waals surface area contributed by atoms with Crippen LogP contribution in [-0.2, 0) is 19.6 Å². The molecule has 6 N–H and O–H groups in total. The fourth-order valence-electron chi connectivity index (χ4n) is 0.891. The van der Waals surface area contributed by atoms with Gasteiger partial charge in [0.1, 0.15) is 6.04 Å². The van der Waals surface area contributed by atoms with Crippen molar-refractivity contribution in [2.24, 2.45) is 5.14 Å². The molecule has 0 spiro atoms. The lowest BCUT2D eigenvalue weighted by molar-refractivity contribution is -0.145. The van der Waals surface area contributed by atoms with Crippen LogP contribution < -0.4 is 15.8 Å². The van der Waals surface area contributed by atoms with Crippen LogP contribution in [0.1, 0.15) is 6.42 Å². The Bertz CT molecular complexity index is 432. The number of carboxylic acid groups (broad SMARTS) is 2. The second kappa shape index (κ2) is 6.76. The number of rotatable bonds is 7. The minimum absolute atomic E-state index is 0.315. The molecule has 0 aromatic carbocycles. The Hall–Kier alpha value is -1.88. The first-order valence-electron chi connectivity index (χ1n) is 4.61. The summed E-state index contributed by atoms with van der Waals surface area (Å²) in [5, 5.41) is 25.6. The van der Waals surface area contributed by atoms with Crippen LogP contribution in [0, 0.1) is 0 Å². The number of nitrogens with two attached hydrogens (primary N) is 1. The molecule has 0 unspecified atom stereocenters. The molecule has 0 aliphatic rings. The van der Waals surface area contributed by atoms with Gasteiger partial charge in [0.25, 0.3) is 0 Å². The lowest BCUT2D eigenvalue weighted by atomic mass is 10.2. The van der Waals surface area contributed by atoms with E-state index in [1.165, 1.54) is 0 Å². The molecule has 2 amide bonds. The molecule has 0 rings (SSSR count). The van der Waals surface area contributed by atoms with Crippen molar-refractivity contribution >= 4 is 28.0 Å². The number of carbonyl (C=O) groups excluding carboxylic acids is 1. The van der Waals surface area contributed by atoms with Gasteiger partial charge in [0.2, 0.25) is 10.0 Å². The van der Waals surface area contributed by atoms with Crippen LogP contribution in [0.4, 0.5) is 4.79 Å². The molecule has 0 saturated heterocycles. The van der Waals surface area contributed by atoms with E-state index in [4.69, 9.17) is 10.2 Å². The average molecular weight is 283 g/mol. The zero-order valence-electron chi connectivity index (χ0n) is 9.12. The molecule has 18 heavy (non-hydrogen) atoms. The van der Waals surface area contributed by atoms with Crippen molar-refractivity contribution in [2.75, 3.05) is 12.3 Å². The lowest BCUT2D eigenvalue weighted by Gasteiger charge is -2.12. The highest BCUT2D eigenvalue weighted by Gasteiger charge is 2.22. The minimum atomic E-state index is -3.74. The molecule has 1 atom stereocenters. The number of hydrogen-bond donors (Lipinski definition) is 5. The van der Waals surface area contributed by atoms with E-state index in [0.717, 1.165) is 0 Å². The van der Waals surface area contributed by atoms with Crippen LogP contribution in [0.2, 0.25) is 0 Å². The number of primary sulfonamides is 1. The zero-order chi connectivity index (χ0) is 14.3. The first-order chi connectivity index (χ1) is 8.11. The molecule has 0 saturated carbocycles. The summed E-state index contributed by atoms with van der Waals surface area (Å²) in [6.07, 6.45) is -0.794. The number of carbonyl (C=O) groups is 3. The molecular weight excluding hydrogens is 270 g/mol. The summed E-state index contributed by atoms with van der Waals surface area (Å²) >= 11 is 0. The number of amides is 2. The predicted octanol–water partition coefficient (Wildman–Crippen LogP) is -2.50. The Balaban J connectivity index is 4.19. The Morgan fingerprint density at radius 1 is 1.22 bits per heavy atom. The van der Waals surface area contributed by atoms with Crippen LogP contribution in [0.25, 0.3) is 0 Å². The van der Waals surface area contributed by atoms with Gasteiger partial charge in [0, 0.05) is 6.54 Å². The maximum atomic E-state index is 11.1. The van der Waals surface area contributed by atoms with Gasteiger partial charge in [-0.15, -0.1) is 0 Å². The topological polar surface area (TPSA) is 176 Å². The predicted molar refractivity (Wildman–Crippen MR) is 58.2 cm³/mol. The monoisotopic (exact) mass is 283 g/mol. The van der Waals surface area contributed by atoms with Gasteiger partial charge in [0.15, 0.2) is 0 Å². The van der Waals surface area contributed by atoms with E-state index in [-0.39, 0.29) is 6.54 Å². The third-order valence-electron chi connectivity index (χ3n) is 1.65. The molecule has 0 aromatic heterocycles. The summed E-state index contributed by atoms with van der Waals surface area (Å²) in [7, 11) is -3.74. The van der Waals surface area contributed by atoms with Gasteiger partial charge in [-0.05, 0) is 0 Å². The smallest absolute Gasteiger partial charge is 0.326 e. The van der Waals surface area contributed by atoms with E-state index in [0.29, 0.717) is 0 Å². The standard InChI is InChI=1S/C7H13N3O7S/c8-18(16,17)2-1-9-7(15)10-4(6(13)14)3-5(11)12/h4H,1-3H2,(H,11,12)(H,13,14)(H2,8,16,17)(H2,9,10,15)/t4-/m0/s1. The van der Waals surface area contributed by atoms with E-state index in [2.05, 4.69) is 5.14 Å². The Morgan fingerprint density at radius 3 is 2.17 bits per heavy atom. The highest BCUT2D eigenvalue weighted by atomic mass is 32.2. The Labute approximate surface area is 102 Å². The van der Waals surface area contributed by atoms with Crippen LogP contribution >= 0.6 is 0 Å². The zero-order valence-corrected chi connectivity index (χ0v) is 9.94. The maximum Gasteiger partial charge on any atom is 0.326 e. The fourth-order valence-corrected chi connectivity index (χ4v) is 1.28. The number of hydrogen-bond acceptors (Lipinski definition) is 5. The quantitative estimate of drug-likeness (QED) is 0.343. The van der Waals surface area contributed by atoms with E-state index in [9.17, 15) is 22.8 Å². The van der Waals surface area contributed by atoms with Gasteiger partial charge < -0.3 is 20.8 Å². The van der Waals surface area contributed by atoms with Crippen molar-refractivity contribution in [3.63, 3.8) is 0 Å². The third-order valence-corrected chi connectivity index (χ3v) is 2.43. The van der Waals surface area contributed by atoms with Crippen molar-refractivity contribution in [3.8, 4) is 0 Å².